The largest absolute Gasteiger partial charge is 0.459 e. The minimum absolute atomic E-state index is 0.0560. The predicted molar refractivity (Wildman–Crippen MR) is 83.1 cm³/mol. The Bertz CT molecular complexity index is 406. The van der Waals surface area contributed by atoms with Crippen LogP contribution in [-0.2, 0) is 14.0 Å². The second-order valence-electron chi connectivity index (χ2n) is 9.01. The van der Waals surface area contributed by atoms with Crippen molar-refractivity contribution >= 4 is 14.3 Å². The van der Waals surface area contributed by atoms with Crippen molar-refractivity contribution in [1.82, 2.24) is 0 Å². The van der Waals surface area contributed by atoms with Crippen molar-refractivity contribution in [3.8, 4) is 0 Å². The molecule has 1 aliphatic heterocycles. The first-order chi connectivity index (χ1) is 8.79. The molecule has 0 aromatic carbocycles. The highest BCUT2D eigenvalue weighted by Gasteiger charge is 2.63. The molecule has 116 valence electrons. The first-order valence-electron chi connectivity index (χ1n) is 7.68. The zero-order chi connectivity index (χ0) is 15.6. The number of hydrogen-bond donors (Lipinski definition) is 0. The summed E-state index contributed by atoms with van der Waals surface area (Å²) in [5, 5.41) is 0.217. The van der Waals surface area contributed by atoms with E-state index in [9.17, 15) is 4.79 Å². The van der Waals surface area contributed by atoms with Crippen molar-refractivity contribution in [2.24, 2.45) is 11.3 Å². The minimum Gasteiger partial charge on any atom is -0.459 e. The SMILES string of the molecule is CC12CC(=O)OC(C)(C)C1C(O[Si](C)(C)C(C)(C)C)C2. The molecule has 3 atom stereocenters. The van der Waals surface area contributed by atoms with Crippen molar-refractivity contribution in [1.29, 1.82) is 0 Å². The Morgan fingerprint density at radius 2 is 1.80 bits per heavy atom. The molecule has 0 aromatic heterocycles. The second kappa shape index (κ2) is 4.32. The molecular formula is C16H30O3Si. The Morgan fingerprint density at radius 1 is 1.25 bits per heavy atom. The molecule has 4 heteroatoms. The van der Waals surface area contributed by atoms with Crippen molar-refractivity contribution in [2.75, 3.05) is 0 Å². The van der Waals surface area contributed by atoms with Crippen LogP contribution in [0.25, 0.3) is 0 Å². The highest BCUT2D eigenvalue weighted by molar-refractivity contribution is 6.74. The normalized spacial score (nSPS) is 36.9. The van der Waals surface area contributed by atoms with Gasteiger partial charge >= 0.3 is 5.97 Å². The summed E-state index contributed by atoms with van der Waals surface area (Å²) in [6.07, 6.45) is 1.77. The molecule has 3 unspecified atom stereocenters. The molecule has 2 rings (SSSR count). The number of carbonyl (C=O) groups is 1. The molecule has 20 heavy (non-hydrogen) atoms. The van der Waals surface area contributed by atoms with Crippen LogP contribution >= 0.6 is 0 Å². The maximum Gasteiger partial charge on any atom is 0.306 e. The quantitative estimate of drug-likeness (QED) is 0.568. The van der Waals surface area contributed by atoms with Gasteiger partial charge in [-0.15, -0.1) is 0 Å². The van der Waals surface area contributed by atoms with Crippen LogP contribution in [0.3, 0.4) is 0 Å². The average Bonchev–Trinajstić information content (AvgIpc) is 2.08. The second-order valence-corrected chi connectivity index (χ2v) is 13.8. The van der Waals surface area contributed by atoms with Crippen LogP contribution in [0.1, 0.15) is 54.4 Å². The summed E-state index contributed by atoms with van der Waals surface area (Å²) in [5.74, 6) is 0.265. The highest BCUT2D eigenvalue weighted by atomic mass is 28.4. The monoisotopic (exact) mass is 298 g/mol. The lowest BCUT2D eigenvalue weighted by atomic mass is 9.51. The van der Waals surface area contributed by atoms with E-state index in [1.165, 1.54) is 0 Å². The van der Waals surface area contributed by atoms with Crippen molar-refractivity contribution in [3.05, 3.63) is 0 Å². The van der Waals surface area contributed by atoms with Gasteiger partial charge in [0.25, 0.3) is 0 Å². The van der Waals surface area contributed by atoms with Gasteiger partial charge in [-0.25, -0.2) is 0 Å². The molecule has 2 aliphatic rings. The third-order valence-electron chi connectivity index (χ3n) is 5.72. The molecule has 0 amide bonds. The highest BCUT2D eigenvalue weighted by Crippen LogP contribution is 2.60. The van der Waals surface area contributed by atoms with Gasteiger partial charge in [0.05, 0.1) is 12.5 Å². The number of carbonyl (C=O) groups excluding carboxylic acids is 1. The molecule has 0 spiro atoms. The summed E-state index contributed by atoms with van der Waals surface area (Å²) in [5.41, 5.74) is -0.346. The summed E-state index contributed by atoms with van der Waals surface area (Å²) in [7, 11) is -1.77. The van der Waals surface area contributed by atoms with Crippen LogP contribution in [0, 0.1) is 11.3 Å². The molecule has 0 N–H and O–H groups in total. The summed E-state index contributed by atoms with van der Waals surface area (Å²) in [6.45, 7) is 17.7. The summed E-state index contributed by atoms with van der Waals surface area (Å²) >= 11 is 0. The van der Waals surface area contributed by atoms with E-state index in [2.05, 4.69) is 40.8 Å². The van der Waals surface area contributed by atoms with Gasteiger partial charge in [-0.2, -0.15) is 0 Å². The maximum absolute atomic E-state index is 11.8. The van der Waals surface area contributed by atoms with Crippen LogP contribution < -0.4 is 0 Å². The van der Waals surface area contributed by atoms with Crippen LogP contribution in [0.4, 0.5) is 0 Å². The molecule has 1 heterocycles. The smallest absolute Gasteiger partial charge is 0.306 e. The molecular weight excluding hydrogens is 268 g/mol. The van der Waals surface area contributed by atoms with Gasteiger partial charge < -0.3 is 9.16 Å². The molecule has 3 nitrogen and oxygen atoms in total. The fourth-order valence-electron chi connectivity index (χ4n) is 3.85. The van der Waals surface area contributed by atoms with E-state index in [0.717, 1.165) is 6.42 Å². The van der Waals surface area contributed by atoms with Gasteiger partial charge in [-0.05, 0) is 43.8 Å². The molecule has 1 aliphatic carbocycles. The van der Waals surface area contributed by atoms with E-state index in [1.807, 2.05) is 13.8 Å². The molecule has 0 bridgehead atoms. The van der Waals surface area contributed by atoms with E-state index < -0.39 is 13.9 Å². The standard InChI is InChI=1S/C16H30O3Si/c1-14(2,3)20(7,8)19-11-9-16(6)10-12(17)18-15(4,5)13(11)16/h11,13H,9-10H2,1-8H3. The fraction of sp³-hybridized carbons (Fsp3) is 0.938. The molecule has 0 radical (unpaired) electrons. The predicted octanol–water partition coefficient (Wildman–Crippen LogP) is 4.13. The first-order valence-corrected chi connectivity index (χ1v) is 10.6. The Morgan fingerprint density at radius 3 is 2.25 bits per heavy atom. The molecule has 0 aromatic rings. The Balaban J connectivity index is 2.17. The van der Waals surface area contributed by atoms with E-state index >= 15 is 0 Å². The Hall–Kier alpha value is -0.353. The van der Waals surface area contributed by atoms with Gasteiger partial charge in [0.1, 0.15) is 5.60 Å². The number of rotatable bonds is 2. The van der Waals surface area contributed by atoms with Crippen molar-refractivity contribution < 1.29 is 14.0 Å². The number of ether oxygens (including phenoxy) is 1. The molecule has 2 fully saturated rings. The maximum atomic E-state index is 11.8. The van der Waals surface area contributed by atoms with Gasteiger partial charge in [-0.1, -0.05) is 27.7 Å². The fourth-order valence-corrected chi connectivity index (χ4v) is 5.18. The number of esters is 1. The molecule has 1 saturated heterocycles. The topological polar surface area (TPSA) is 35.5 Å². The van der Waals surface area contributed by atoms with E-state index in [4.69, 9.17) is 9.16 Å². The number of fused-ring (bicyclic) bond motifs is 1. The Kier molecular flexibility index (Phi) is 3.46. The zero-order valence-corrected chi connectivity index (χ0v) is 15.3. The number of hydrogen-bond acceptors (Lipinski definition) is 3. The third-order valence-corrected chi connectivity index (χ3v) is 10.2. The summed E-state index contributed by atoms with van der Waals surface area (Å²) in [6, 6.07) is 0. The van der Waals surface area contributed by atoms with Crippen molar-refractivity contribution in [3.63, 3.8) is 0 Å². The van der Waals surface area contributed by atoms with Crippen LogP contribution in [0.2, 0.25) is 18.1 Å². The van der Waals surface area contributed by atoms with Crippen LogP contribution in [0.15, 0.2) is 0 Å². The zero-order valence-electron chi connectivity index (χ0n) is 14.3. The number of cyclic esters (lactones) is 1. The van der Waals surface area contributed by atoms with Crippen LogP contribution in [-0.4, -0.2) is 26.0 Å². The van der Waals surface area contributed by atoms with Gasteiger partial charge in [0.15, 0.2) is 8.32 Å². The van der Waals surface area contributed by atoms with E-state index in [0.29, 0.717) is 12.3 Å². The lowest BCUT2D eigenvalue weighted by molar-refractivity contribution is -0.235. The summed E-state index contributed by atoms with van der Waals surface area (Å²) < 4.78 is 12.2. The third kappa shape index (κ3) is 2.45. The lowest BCUT2D eigenvalue weighted by Crippen LogP contribution is -2.67. The van der Waals surface area contributed by atoms with Crippen LogP contribution in [0.5, 0.6) is 0 Å². The minimum atomic E-state index is -1.77. The van der Waals surface area contributed by atoms with Crippen molar-refractivity contribution in [2.45, 2.75) is 84.2 Å². The van der Waals surface area contributed by atoms with Gasteiger partial charge in [0.2, 0.25) is 0 Å². The average molecular weight is 298 g/mol. The first kappa shape index (κ1) is 16.0. The van der Waals surface area contributed by atoms with Gasteiger partial charge in [0, 0.05) is 5.92 Å². The Labute approximate surface area is 124 Å². The summed E-state index contributed by atoms with van der Waals surface area (Å²) in [4.78, 5) is 11.8. The van der Waals surface area contributed by atoms with E-state index in [1.54, 1.807) is 0 Å². The van der Waals surface area contributed by atoms with E-state index in [-0.39, 0.29) is 22.5 Å². The molecule has 1 saturated carbocycles. The van der Waals surface area contributed by atoms with Gasteiger partial charge in [-0.3, -0.25) is 4.79 Å². The lowest BCUT2D eigenvalue weighted by Gasteiger charge is -2.62.